The summed E-state index contributed by atoms with van der Waals surface area (Å²) in [5, 5.41) is 2.18. The highest BCUT2D eigenvalue weighted by Gasteiger charge is 2.15. The lowest BCUT2D eigenvalue weighted by Gasteiger charge is -2.09. The van der Waals surface area contributed by atoms with Crippen molar-refractivity contribution < 1.29 is 28.6 Å². The van der Waals surface area contributed by atoms with Crippen molar-refractivity contribution in [3.8, 4) is 11.5 Å². The Balaban J connectivity index is 1.85. The van der Waals surface area contributed by atoms with Gasteiger partial charge in [-0.3, -0.25) is 14.9 Å². The van der Waals surface area contributed by atoms with Crippen molar-refractivity contribution in [2.24, 2.45) is 0 Å². The molecule has 0 unspecified atom stereocenters. The van der Waals surface area contributed by atoms with Gasteiger partial charge in [-0.15, -0.1) is 0 Å². The van der Waals surface area contributed by atoms with E-state index >= 15 is 0 Å². The first kappa shape index (κ1) is 19.0. The first-order chi connectivity index (χ1) is 12.5. The fraction of sp³-hybridized carbons (Fsp3) is 0.211. The predicted octanol–water partition coefficient (Wildman–Crippen LogP) is 1.75. The van der Waals surface area contributed by atoms with E-state index in [-0.39, 0.29) is 12.0 Å². The van der Waals surface area contributed by atoms with Crippen LogP contribution >= 0.6 is 0 Å². The Kier molecular flexibility index (Phi) is 6.73. The molecule has 2 aromatic carbocycles. The highest BCUT2D eigenvalue weighted by molar-refractivity contribution is 5.98. The molecule has 7 heteroatoms. The molecule has 1 N–H and O–H groups in total. The molecule has 26 heavy (non-hydrogen) atoms. The van der Waals surface area contributed by atoms with Gasteiger partial charge >= 0.3 is 5.97 Å². The summed E-state index contributed by atoms with van der Waals surface area (Å²) in [5.74, 6) is -1.04. The summed E-state index contributed by atoms with van der Waals surface area (Å²) >= 11 is 0. The molecule has 2 amide bonds. The number of hydrogen-bond acceptors (Lipinski definition) is 6. The van der Waals surface area contributed by atoms with E-state index in [0.717, 1.165) is 5.56 Å². The average Bonchev–Trinajstić information content (AvgIpc) is 2.66. The Morgan fingerprint density at radius 2 is 1.58 bits per heavy atom. The Morgan fingerprint density at radius 3 is 2.23 bits per heavy atom. The Morgan fingerprint density at radius 1 is 0.885 bits per heavy atom. The number of imide groups is 1. The smallest absolute Gasteiger partial charge is 0.338 e. The van der Waals surface area contributed by atoms with Crippen LogP contribution in [-0.4, -0.2) is 38.6 Å². The Labute approximate surface area is 150 Å². The third-order valence-corrected chi connectivity index (χ3v) is 3.44. The van der Waals surface area contributed by atoms with E-state index in [0.29, 0.717) is 11.5 Å². The zero-order valence-corrected chi connectivity index (χ0v) is 14.5. The number of esters is 1. The van der Waals surface area contributed by atoms with Crippen LogP contribution < -0.4 is 14.8 Å². The van der Waals surface area contributed by atoms with Crippen LogP contribution in [0.3, 0.4) is 0 Å². The van der Waals surface area contributed by atoms with Gasteiger partial charge in [0, 0.05) is 0 Å². The number of amides is 2. The summed E-state index contributed by atoms with van der Waals surface area (Å²) in [6.07, 6.45) is 0.0657. The normalized spacial score (nSPS) is 9.92. The van der Waals surface area contributed by atoms with E-state index < -0.39 is 24.4 Å². The molecule has 136 valence electrons. The third kappa shape index (κ3) is 5.34. The summed E-state index contributed by atoms with van der Waals surface area (Å²) in [7, 11) is 2.92. The van der Waals surface area contributed by atoms with E-state index in [1.807, 2.05) is 6.07 Å². The van der Waals surface area contributed by atoms with Crippen molar-refractivity contribution in [1.29, 1.82) is 0 Å². The monoisotopic (exact) mass is 357 g/mol. The Hall–Kier alpha value is -3.35. The second-order valence-electron chi connectivity index (χ2n) is 5.28. The SMILES string of the molecule is COc1ccc(C(=O)OCC(=O)NC(=O)Cc2ccccc2)cc1OC. The zero-order valence-electron chi connectivity index (χ0n) is 14.5. The average molecular weight is 357 g/mol. The van der Waals surface area contributed by atoms with E-state index in [1.165, 1.54) is 26.4 Å². The van der Waals surface area contributed by atoms with Gasteiger partial charge in [-0.25, -0.2) is 4.79 Å². The van der Waals surface area contributed by atoms with Gasteiger partial charge in [-0.2, -0.15) is 0 Å². The van der Waals surface area contributed by atoms with Gasteiger partial charge in [0.1, 0.15) is 0 Å². The van der Waals surface area contributed by atoms with Crippen molar-refractivity contribution in [1.82, 2.24) is 5.32 Å². The number of rotatable bonds is 7. The molecular formula is C19H19NO6. The molecular weight excluding hydrogens is 338 g/mol. The summed E-state index contributed by atoms with van der Waals surface area (Å²) in [5.41, 5.74) is 0.978. The molecule has 0 radical (unpaired) electrons. The first-order valence-corrected chi connectivity index (χ1v) is 7.79. The molecule has 2 aromatic rings. The molecule has 2 rings (SSSR count). The largest absolute Gasteiger partial charge is 0.493 e. The van der Waals surface area contributed by atoms with E-state index in [2.05, 4.69) is 5.32 Å². The van der Waals surface area contributed by atoms with Gasteiger partial charge < -0.3 is 14.2 Å². The second kappa shape index (κ2) is 9.22. The molecule has 0 aliphatic heterocycles. The fourth-order valence-electron chi connectivity index (χ4n) is 2.19. The van der Waals surface area contributed by atoms with Crippen LogP contribution in [0.15, 0.2) is 48.5 Å². The highest BCUT2D eigenvalue weighted by Crippen LogP contribution is 2.27. The van der Waals surface area contributed by atoms with Gasteiger partial charge in [0.15, 0.2) is 18.1 Å². The number of hydrogen-bond donors (Lipinski definition) is 1. The fourth-order valence-corrected chi connectivity index (χ4v) is 2.19. The van der Waals surface area contributed by atoms with Crippen LogP contribution in [0.1, 0.15) is 15.9 Å². The van der Waals surface area contributed by atoms with Crippen LogP contribution in [-0.2, 0) is 20.7 Å². The third-order valence-electron chi connectivity index (χ3n) is 3.44. The van der Waals surface area contributed by atoms with Crippen LogP contribution in [0.5, 0.6) is 11.5 Å². The highest BCUT2D eigenvalue weighted by atomic mass is 16.5. The summed E-state index contributed by atoms with van der Waals surface area (Å²) in [4.78, 5) is 35.5. The van der Waals surface area contributed by atoms with Gasteiger partial charge in [0.25, 0.3) is 5.91 Å². The maximum Gasteiger partial charge on any atom is 0.338 e. The van der Waals surface area contributed by atoms with E-state index in [9.17, 15) is 14.4 Å². The van der Waals surface area contributed by atoms with E-state index in [1.54, 1.807) is 30.3 Å². The van der Waals surface area contributed by atoms with Crippen molar-refractivity contribution in [2.75, 3.05) is 20.8 Å². The zero-order chi connectivity index (χ0) is 18.9. The Bertz CT molecular complexity index is 788. The lowest BCUT2D eigenvalue weighted by Crippen LogP contribution is -2.35. The number of nitrogens with one attached hydrogen (secondary N) is 1. The summed E-state index contributed by atoms with van der Waals surface area (Å²) in [6, 6.07) is 13.5. The van der Waals surface area contributed by atoms with Gasteiger partial charge in [0.2, 0.25) is 5.91 Å². The molecule has 0 aromatic heterocycles. The minimum atomic E-state index is -0.711. The topological polar surface area (TPSA) is 90.9 Å². The standard InChI is InChI=1S/C19H19NO6/c1-24-15-9-8-14(11-16(15)25-2)19(23)26-12-18(22)20-17(21)10-13-6-4-3-5-7-13/h3-9,11H,10,12H2,1-2H3,(H,20,21,22). The first-order valence-electron chi connectivity index (χ1n) is 7.79. The van der Waals surface area contributed by atoms with Gasteiger partial charge in [-0.05, 0) is 23.8 Å². The van der Waals surface area contributed by atoms with Crippen molar-refractivity contribution in [3.05, 3.63) is 59.7 Å². The van der Waals surface area contributed by atoms with Gasteiger partial charge in [0.05, 0.1) is 26.2 Å². The number of benzene rings is 2. The minimum absolute atomic E-state index is 0.0657. The number of carbonyl (C=O) groups is 3. The van der Waals surface area contributed by atoms with Gasteiger partial charge in [-0.1, -0.05) is 30.3 Å². The number of carbonyl (C=O) groups excluding carboxylic acids is 3. The minimum Gasteiger partial charge on any atom is -0.493 e. The lowest BCUT2D eigenvalue weighted by molar-refractivity contribution is -0.132. The molecule has 0 aliphatic carbocycles. The lowest BCUT2D eigenvalue weighted by atomic mass is 10.1. The van der Waals surface area contributed by atoms with Crippen LogP contribution in [0, 0.1) is 0 Å². The van der Waals surface area contributed by atoms with Crippen LogP contribution in [0.25, 0.3) is 0 Å². The second-order valence-corrected chi connectivity index (χ2v) is 5.28. The summed E-state index contributed by atoms with van der Waals surface area (Å²) in [6.45, 7) is -0.562. The van der Waals surface area contributed by atoms with Crippen molar-refractivity contribution >= 4 is 17.8 Å². The molecule has 0 bridgehead atoms. The molecule has 7 nitrogen and oxygen atoms in total. The van der Waals surface area contributed by atoms with Crippen LogP contribution in [0.4, 0.5) is 0 Å². The predicted molar refractivity (Wildman–Crippen MR) is 93.1 cm³/mol. The maximum atomic E-state index is 12.0. The maximum absolute atomic E-state index is 12.0. The van der Waals surface area contributed by atoms with Crippen molar-refractivity contribution in [3.63, 3.8) is 0 Å². The molecule has 0 spiro atoms. The summed E-state index contributed by atoms with van der Waals surface area (Å²) < 4.78 is 15.1. The molecule has 0 saturated heterocycles. The molecule has 0 aliphatic rings. The number of ether oxygens (including phenoxy) is 3. The number of methoxy groups -OCH3 is 2. The van der Waals surface area contributed by atoms with Crippen molar-refractivity contribution in [2.45, 2.75) is 6.42 Å². The van der Waals surface area contributed by atoms with E-state index in [4.69, 9.17) is 14.2 Å². The molecule has 0 heterocycles. The molecule has 0 saturated carbocycles. The molecule has 0 atom stereocenters. The van der Waals surface area contributed by atoms with Crippen LogP contribution in [0.2, 0.25) is 0 Å². The quantitative estimate of drug-likeness (QED) is 0.759. The molecule has 0 fully saturated rings.